The van der Waals surface area contributed by atoms with Gasteiger partial charge in [0.1, 0.15) is 0 Å². The van der Waals surface area contributed by atoms with Gasteiger partial charge in [0.05, 0.1) is 24.0 Å². The minimum atomic E-state index is -3.03. The summed E-state index contributed by atoms with van der Waals surface area (Å²) in [5.74, 6) is 0.318. The molecule has 0 spiro atoms. The molecule has 0 radical (unpaired) electrons. The predicted molar refractivity (Wildman–Crippen MR) is 65.5 cm³/mol. The average Bonchev–Trinajstić information content (AvgIpc) is 2.09. The van der Waals surface area contributed by atoms with Crippen LogP contribution in [-0.2, 0) is 19.4 Å². The van der Waals surface area contributed by atoms with Gasteiger partial charge >= 0.3 is 0 Å². The van der Waals surface area contributed by atoms with Gasteiger partial charge in [0, 0.05) is 20.2 Å². The Hall–Kier alpha value is -0.620. The molecule has 17 heavy (non-hydrogen) atoms. The highest BCUT2D eigenvalue weighted by Crippen LogP contribution is 2.19. The van der Waals surface area contributed by atoms with Crippen molar-refractivity contribution < 1.29 is 17.9 Å². The summed E-state index contributed by atoms with van der Waals surface area (Å²) >= 11 is 0. The quantitative estimate of drug-likeness (QED) is 0.691. The molecule has 0 unspecified atom stereocenters. The Morgan fingerprint density at radius 2 is 2.00 bits per heavy atom. The van der Waals surface area contributed by atoms with Crippen LogP contribution in [0.2, 0.25) is 0 Å². The SMILES string of the molecule is COCCC(=O)N1CC(S(=O)(=O)CC(C)C)C1. The summed E-state index contributed by atoms with van der Waals surface area (Å²) in [5, 5.41) is -0.364. The minimum Gasteiger partial charge on any atom is -0.384 e. The molecule has 1 saturated heterocycles. The van der Waals surface area contributed by atoms with Gasteiger partial charge in [-0.25, -0.2) is 8.42 Å². The first-order chi connectivity index (χ1) is 7.86. The van der Waals surface area contributed by atoms with Crippen LogP contribution in [0.25, 0.3) is 0 Å². The monoisotopic (exact) mass is 263 g/mol. The van der Waals surface area contributed by atoms with Gasteiger partial charge in [-0.1, -0.05) is 13.8 Å². The van der Waals surface area contributed by atoms with Crippen LogP contribution < -0.4 is 0 Å². The number of methoxy groups -OCH3 is 1. The van der Waals surface area contributed by atoms with Gasteiger partial charge in [0.15, 0.2) is 9.84 Å². The Morgan fingerprint density at radius 3 is 2.47 bits per heavy atom. The number of amides is 1. The topological polar surface area (TPSA) is 63.7 Å². The lowest BCUT2D eigenvalue weighted by Crippen LogP contribution is -2.57. The predicted octanol–water partition coefficient (Wildman–Crippen LogP) is 0.305. The lowest BCUT2D eigenvalue weighted by atomic mass is 10.2. The molecule has 0 N–H and O–H groups in total. The number of sulfone groups is 1. The molecule has 100 valence electrons. The third-order valence-electron chi connectivity index (χ3n) is 2.79. The molecule has 0 aliphatic carbocycles. The first-order valence-electron chi connectivity index (χ1n) is 5.85. The van der Waals surface area contributed by atoms with E-state index in [1.807, 2.05) is 13.8 Å². The maximum atomic E-state index is 11.8. The molecular weight excluding hydrogens is 242 g/mol. The van der Waals surface area contributed by atoms with Gasteiger partial charge in [0.2, 0.25) is 5.91 Å². The van der Waals surface area contributed by atoms with Crippen LogP contribution in [0.4, 0.5) is 0 Å². The maximum Gasteiger partial charge on any atom is 0.224 e. The molecule has 1 amide bonds. The molecule has 0 aromatic rings. The second kappa shape index (κ2) is 5.82. The summed E-state index contributed by atoms with van der Waals surface area (Å²) in [5.41, 5.74) is 0. The number of hydrogen-bond acceptors (Lipinski definition) is 4. The van der Waals surface area contributed by atoms with E-state index in [1.165, 1.54) is 0 Å². The van der Waals surface area contributed by atoms with Gasteiger partial charge in [-0.2, -0.15) is 0 Å². The van der Waals surface area contributed by atoms with E-state index in [-0.39, 0.29) is 22.8 Å². The van der Waals surface area contributed by atoms with Crippen LogP contribution in [0.1, 0.15) is 20.3 Å². The van der Waals surface area contributed by atoms with Crippen LogP contribution >= 0.6 is 0 Å². The first-order valence-corrected chi connectivity index (χ1v) is 7.56. The number of carbonyl (C=O) groups is 1. The van der Waals surface area contributed by atoms with Crippen molar-refractivity contribution in [1.82, 2.24) is 4.90 Å². The molecule has 0 aromatic heterocycles. The van der Waals surface area contributed by atoms with E-state index < -0.39 is 9.84 Å². The first kappa shape index (κ1) is 14.4. The third-order valence-corrected chi connectivity index (χ3v) is 5.24. The largest absolute Gasteiger partial charge is 0.384 e. The van der Waals surface area contributed by atoms with E-state index in [0.717, 1.165) is 0 Å². The highest BCUT2D eigenvalue weighted by molar-refractivity contribution is 7.92. The fourth-order valence-corrected chi connectivity index (χ4v) is 3.83. The summed E-state index contributed by atoms with van der Waals surface area (Å²) in [6.45, 7) is 4.85. The zero-order valence-electron chi connectivity index (χ0n) is 10.7. The van der Waals surface area contributed by atoms with Gasteiger partial charge in [-0.05, 0) is 5.92 Å². The van der Waals surface area contributed by atoms with Crippen LogP contribution in [0, 0.1) is 5.92 Å². The number of rotatable bonds is 6. The molecule has 0 atom stereocenters. The van der Waals surface area contributed by atoms with E-state index in [9.17, 15) is 13.2 Å². The molecule has 0 bridgehead atoms. The standard InChI is InChI=1S/C11H21NO4S/c1-9(2)8-17(14,15)10-6-12(7-10)11(13)4-5-16-3/h9-10H,4-8H2,1-3H3. The highest BCUT2D eigenvalue weighted by atomic mass is 32.2. The fourth-order valence-electron chi connectivity index (χ4n) is 1.82. The summed E-state index contributed by atoms with van der Waals surface area (Å²) in [6.07, 6.45) is 0.327. The van der Waals surface area contributed by atoms with E-state index in [1.54, 1.807) is 12.0 Å². The lowest BCUT2D eigenvalue weighted by Gasteiger charge is -2.39. The van der Waals surface area contributed by atoms with Crippen LogP contribution in [0.3, 0.4) is 0 Å². The van der Waals surface area contributed by atoms with Gasteiger partial charge < -0.3 is 9.64 Å². The summed E-state index contributed by atoms with van der Waals surface area (Å²) in [4.78, 5) is 13.1. The summed E-state index contributed by atoms with van der Waals surface area (Å²) < 4.78 is 28.5. The van der Waals surface area contributed by atoms with Crippen molar-refractivity contribution >= 4 is 15.7 Å². The average molecular weight is 263 g/mol. The fraction of sp³-hybridized carbons (Fsp3) is 0.909. The lowest BCUT2D eigenvalue weighted by molar-refractivity contribution is -0.135. The Morgan fingerprint density at radius 1 is 1.41 bits per heavy atom. The van der Waals surface area contributed by atoms with E-state index in [2.05, 4.69) is 0 Å². The van der Waals surface area contributed by atoms with Crippen LogP contribution in [0.15, 0.2) is 0 Å². The van der Waals surface area contributed by atoms with Gasteiger partial charge in [0.25, 0.3) is 0 Å². The molecule has 1 heterocycles. The Labute approximate surface area is 103 Å². The van der Waals surface area contributed by atoms with Crippen molar-refractivity contribution in [1.29, 1.82) is 0 Å². The molecule has 6 heteroatoms. The second-order valence-corrected chi connectivity index (χ2v) is 7.21. The van der Waals surface area contributed by atoms with Crippen LogP contribution in [0.5, 0.6) is 0 Å². The van der Waals surface area contributed by atoms with Crippen molar-refractivity contribution in [3.63, 3.8) is 0 Å². The van der Waals surface area contributed by atoms with Crippen molar-refractivity contribution in [2.24, 2.45) is 5.92 Å². The number of ether oxygens (including phenoxy) is 1. The number of hydrogen-bond donors (Lipinski definition) is 0. The van der Waals surface area contributed by atoms with Gasteiger partial charge in [-0.15, -0.1) is 0 Å². The third kappa shape index (κ3) is 3.96. The van der Waals surface area contributed by atoms with Gasteiger partial charge in [-0.3, -0.25) is 4.79 Å². The highest BCUT2D eigenvalue weighted by Gasteiger charge is 2.39. The summed E-state index contributed by atoms with van der Waals surface area (Å²) in [6, 6.07) is 0. The Balaban J connectivity index is 2.38. The zero-order chi connectivity index (χ0) is 13.1. The molecule has 1 fully saturated rings. The zero-order valence-corrected chi connectivity index (χ0v) is 11.5. The van der Waals surface area contributed by atoms with Crippen LogP contribution in [-0.4, -0.2) is 57.0 Å². The smallest absolute Gasteiger partial charge is 0.224 e. The molecular formula is C11H21NO4S. The van der Waals surface area contributed by atoms with Crippen molar-refractivity contribution in [2.75, 3.05) is 32.6 Å². The Bertz CT molecular complexity index is 358. The van der Waals surface area contributed by atoms with Crippen molar-refractivity contribution in [2.45, 2.75) is 25.5 Å². The maximum absolute atomic E-state index is 11.8. The molecule has 1 aliphatic rings. The van der Waals surface area contributed by atoms with E-state index in [4.69, 9.17) is 4.74 Å². The number of nitrogens with zero attached hydrogens (tertiary/aromatic N) is 1. The molecule has 0 saturated carbocycles. The van der Waals surface area contributed by atoms with E-state index >= 15 is 0 Å². The molecule has 5 nitrogen and oxygen atoms in total. The summed E-state index contributed by atoms with van der Waals surface area (Å²) in [7, 11) is -1.49. The van der Waals surface area contributed by atoms with Crippen molar-refractivity contribution in [3.05, 3.63) is 0 Å². The molecule has 1 aliphatic heterocycles. The molecule has 0 aromatic carbocycles. The Kier molecular flexibility index (Phi) is 4.94. The van der Waals surface area contributed by atoms with E-state index in [0.29, 0.717) is 26.1 Å². The number of likely N-dealkylation sites (tertiary alicyclic amines) is 1. The minimum absolute atomic E-state index is 0.0251. The molecule has 1 rings (SSSR count). The number of carbonyl (C=O) groups excluding carboxylic acids is 1. The van der Waals surface area contributed by atoms with Crippen molar-refractivity contribution in [3.8, 4) is 0 Å². The normalized spacial score (nSPS) is 17.3. The second-order valence-electron chi connectivity index (χ2n) is 4.89.